The fourth-order valence-corrected chi connectivity index (χ4v) is 2.57. The maximum Gasteiger partial charge on any atom is 0.131 e. The lowest BCUT2D eigenvalue weighted by molar-refractivity contribution is 0.455. The first-order valence-corrected chi connectivity index (χ1v) is 7.44. The average Bonchev–Trinajstić information content (AvgIpc) is 2.37. The first-order valence-electron chi connectivity index (χ1n) is 6.66. The van der Waals surface area contributed by atoms with E-state index in [9.17, 15) is 0 Å². The Hall–Kier alpha value is -1.58. The van der Waals surface area contributed by atoms with Crippen molar-refractivity contribution < 1.29 is 4.74 Å². The Morgan fingerprint density at radius 1 is 1.14 bits per heavy atom. The van der Waals surface area contributed by atoms with Gasteiger partial charge in [-0.3, -0.25) is 0 Å². The molecule has 0 amide bonds. The summed E-state index contributed by atoms with van der Waals surface area (Å²) in [4.78, 5) is 0.279. The second-order valence-electron chi connectivity index (χ2n) is 5.85. The van der Waals surface area contributed by atoms with Crippen LogP contribution in [0.5, 0.6) is 11.5 Å². The first-order chi connectivity index (χ1) is 9.79. The largest absolute Gasteiger partial charge is 0.457 e. The zero-order valence-electron chi connectivity index (χ0n) is 12.3. The van der Waals surface area contributed by atoms with E-state index in [1.165, 1.54) is 0 Å². The van der Waals surface area contributed by atoms with Gasteiger partial charge in [0.1, 0.15) is 16.5 Å². The van der Waals surface area contributed by atoms with Crippen LogP contribution in [0.4, 0.5) is 0 Å². The molecule has 0 aromatic heterocycles. The molecule has 0 radical (unpaired) electrons. The van der Waals surface area contributed by atoms with Gasteiger partial charge in [0, 0.05) is 17.2 Å². The molecule has 0 bridgehead atoms. The Morgan fingerprint density at radius 2 is 1.81 bits per heavy atom. The number of benzene rings is 2. The van der Waals surface area contributed by atoms with Gasteiger partial charge in [-0.25, -0.2) is 0 Å². The van der Waals surface area contributed by atoms with Crippen molar-refractivity contribution in [2.45, 2.75) is 26.2 Å². The Kier molecular flexibility index (Phi) is 4.55. The molecule has 2 N–H and O–H groups in total. The lowest BCUT2D eigenvalue weighted by Gasteiger charge is -2.22. The third kappa shape index (κ3) is 3.74. The van der Waals surface area contributed by atoms with Gasteiger partial charge in [0.05, 0.1) is 5.02 Å². The van der Waals surface area contributed by atoms with Crippen LogP contribution in [-0.4, -0.2) is 4.99 Å². The number of thiocarbonyl (C=S) groups is 1. The van der Waals surface area contributed by atoms with Crippen molar-refractivity contribution >= 4 is 28.8 Å². The Bertz CT molecular complexity index is 677. The predicted molar refractivity (Wildman–Crippen MR) is 92.6 cm³/mol. The standard InChI is InChI=1S/C17H18ClNOS/c1-17(2,3)13-6-4-5-7-15(13)20-11-8-9-12(16(19)21)14(18)10-11/h4-10H,1-3H3,(H2,19,21). The molecule has 0 fully saturated rings. The summed E-state index contributed by atoms with van der Waals surface area (Å²) in [7, 11) is 0. The molecule has 21 heavy (non-hydrogen) atoms. The first kappa shape index (κ1) is 15.8. The third-order valence-corrected chi connectivity index (χ3v) is 3.66. The van der Waals surface area contributed by atoms with Crippen molar-refractivity contribution in [2.75, 3.05) is 0 Å². The highest BCUT2D eigenvalue weighted by atomic mass is 35.5. The number of halogens is 1. The molecule has 0 aliphatic heterocycles. The summed E-state index contributed by atoms with van der Waals surface area (Å²) in [5.41, 5.74) is 7.40. The van der Waals surface area contributed by atoms with Gasteiger partial charge in [-0.1, -0.05) is 62.8 Å². The van der Waals surface area contributed by atoms with Gasteiger partial charge in [0.2, 0.25) is 0 Å². The summed E-state index contributed by atoms with van der Waals surface area (Å²) in [6, 6.07) is 13.3. The fourth-order valence-electron chi connectivity index (χ4n) is 2.06. The molecular formula is C17H18ClNOS. The maximum atomic E-state index is 6.17. The van der Waals surface area contributed by atoms with Crippen LogP contribution in [0.3, 0.4) is 0 Å². The smallest absolute Gasteiger partial charge is 0.131 e. The van der Waals surface area contributed by atoms with Gasteiger partial charge in [-0.05, 0) is 23.6 Å². The van der Waals surface area contributed by atoms with Crippen LogP contribution in [-0.2, 0) is 5.41 Å². The number of para-hydroxylation sites is 1. The van der Waals surface area contributed by atoms with E-state index in [2.05, 4.69) is 26.8 Å². The van der Waals surface area contributed by atoms with Gasteiger partial charge < -0.3 is 10.5 Å². The maximum absolute atomic E-state index is 6.17. The van der Waals surface area contributed by atoms with Crippen molar-refractivity contribution in [1.29, 1.82) is 0 Å². The molecule has 0 aliphatic carbocycles. The van der Waals surface area contributed by atoms with E-state index in [-0.39, 0.29) is 10.4 Å². The van der Waals surface area contributed by atoms with E-state index < -0.39 is 0 Å². The molecule has 2 aromatic carbocycles. The van der Waals surface area contributed by atoms with Crippen molar-refractivity contribution in [3.8, 4) is 11.5 Å². The molecule has 2 aromatic rings. The van der Waals surface area contributed by atoms with Crippen molar-refractivity contribution in [3.05, 3.63) is 58.6 Å². The van der Waals surface area contributed by atoms with Gasteiger partial charge in [0.25, 0.3) is 0 Å². The molecule has 0 spiro atoms. The minimum atomic E-state index is -0.000840. The van der Waals surface area contributed by atoms with Crippen LogP contribution < -0.4 is 10.5 Å². The molecule has 0 heterocycles. The average molecular weight is 320 g/mol. The van der Waals surface area contributed by atoms with E-state index in [1.54, 1.807) is 12.1 Å². The molecule has 0 saturated heterocycles. The van der Waals surface area contributed by atoms with E-state index in [0.29, 0.717) is 16.3 Å². The zero-order valence-corrected chi connectivity index (χ0v) is 13.9. The summed E-state index contributed by atoms with van der Waals surface area (Å²) < 4.78 is 5.98. The second kappa shape index (κ2) is 6.04. The lowest BCUT2D eigenvalue weighted by Crippen LogP contribution is -2.12. The summed E-state index contributed by atoms with van der Waals surface area (Å²) in [6.07, 6.45) is 0. The summed E-state index contributed by atoms with van der Waals surface area (Å²) in [5, 5.41) is 0.494. The highest BCUT2D eigenvalue weighted by molar-refractivity contribution is 7.80. The Morgan fingerprint density at radius 3 is 2.38 bits per heavy atom. The number of rotatable bonds is 3. The molecule has 0 saturated carbocycles. The number of hydrogen-bond donors (Lipinski definition) is 1. The second-order valence-corrected chi connectivity index (χ2v) is 6.70. The van der Waals surface area contributed by atoms with E-state index >= 15 is 0 Å². The molecule has 2 nitrogen and oxygen atoms in total. The van der Waals surface area contributed by atoms with E-state index in [0.717, 1.165) is 11.3 Å². The molecule has 0 atom stereocenters. The molecular weight excluding hydrogens is 302 g/mol. The Labute approximate surface area is 135 Å². The van der Waals surface area contributed by atoms with Crippen LogP contribution in [0.15, 0.2) is 42.5 Å². The van der Waals surface area contributed by atoms with E-state index in [1.807, 2.05) is 24.3 Å². The molecule has 110 valence electrons. The normalized spacial score (nSPS) is 11.2. The summed E-state index contributed by atoms with van der Waals surface area (Å²) in [6.45, 7) is 6.45. The third-order valence-electron chi connectivity index (χ3n) is 3.13. The lowest BCUT2D eigenvalue weighted by atomic mass is 9.86. The van der Waals surface area contributed by atoms with Crippen LogP contribution in [0.1, 0.15) is 31.9 Å². The zero-order chi connectivity index (χ0) is 15.6. The quantitative estimate of drug-likeness (QED) is 0.803. The molecule has 0 unspecified atom stereocenters. The molecule has 0 aliphatic rings. The van der Waals surface area contributed by atoms with Crippen molar-refractivity contribution in [2.24, 2.45) is 5.73 Å². The SMILES string of the molecule is CC(C)(C)c1ccccc1Oc1ccc(C(N)=S)c(Cl)c1. The Balaban J connectivity index is 2.35. The minimum absolute atomic E-state index is 0.000840. The van der Waals surface area contributed by atoms with Crippen LogP contribution in [0.25, 0.3) is 0 Å². The molecule has 4 heteroatoms. The molecule has 2 rings (SSSR count). The van der Waals surface area contributed by atoms with Crippen LogP contribution >= 0.6 is 23.8 Å². The van der Waals surface area contributed by atoms with Gasteiger partial charge >= 0.3 is 0 Å². The van der Waals surface area contributed by atoms with Crippen molar-refractivity contribution in [3.63, 3.8) is 0 Å². The van der Waals surface area contributed by atoms with Crippen LogP contribution in [0, 0.1) is 0 Å². The number of hydrogen-bond acceptors (Lipinski definition) is 2. The van der Waals surface area contributed by atoms with Gasteiger partial charge in [-0.15, -0.1) is 0 Å². The number of nitrogens with two attached hydrogens (primary N) is 1. The van der Waals surface area contributed by atoms with Crippen molar-refractivity contribution in [1.82, 2.24) is 0 Å². The summed E-state index contributed by atoms with van der Waals surface area (Å²) >= 11 is 11.1. The highest BCUT2D eigenvalue weighted by Gasteiger charge is 2.19. The topological polar surface area (TPSA) is 35.2 Å². The predicted octanol–water partition coefficient (Wildman–Crippen LogP) is 5.06. The number of ether oxygens (including phenoxy) is 1. The van der Waals surface area contributed by atoms with Gasteiger partial charge in [-0.2, -0.15) is 0 Å². The minimum Gasteiger partial charge on any atom is -0.457 e. The van der Waals surface area contributed by atoms with Crippen LogP contribution in [0.2, 0.25) is 5.02 Å². The van der Waals surface area contributed by atoms with Gasteiger partial charge in [0.15, 0.2) is 0 Å². The monoisotopic (exact) mass is 319 g/mol. The highest BCUT2D eigenvalue weighted by Crippen LogP contribution is 2.34. The summed E-state index contributed by atoms with van der Waals surface area (Å²) in [5.74, 6) is 1.49. The fraction of sp³-hybridized carbons (Fsp3) is 0.235. The van der Waals surface area contributed by atoms with E-state index in [4.69, 9.17) is 34.3 Å².